The molecule has 1 aliphatic carbocycles. The minimum Gasteiger partial charge on any atom is -0.378 e. The van der Waals surface area contributed by atoms with E-state index in [0.29, 0.717) is 11.3 Å². The zero-order valence-corrected chi connectivity index (χ0v) is 11.4. The van der Waals surface area contributed by atoms with E-state index in [4.69, 9.17) is 4.74 Å². The Labute approximate surface area is 101 Å². The van der Waals surface area contributed by atoms with Crippen molar-refractivity contribution in [3.63, 3.8) is 0 Å². The van der Waals surface area contributed by atoms with Gasteiger partial charge in [0.15, 0.2) is 0 Å². The van der Waals surface area contributed by atoms with Crippen molar-refractivity contribution < 1.29 is 4.74 Å². The Morgan fingerprint density at radius 3 is 2.88 bits per heavy atom. The summed E-state index contributed by atoms with van der Waals surface area (Å²) in [4.78, 5) is 0. The van der Waals surface area contributed by atoms with Crippen molar-refractivity contribution >= 4 is 0 Å². The maximum absolute atomic E-state index is 5.27. The SMILES string of the molecule is CCC1(C)CCC=C(C)C1/C=C/C(C)OC. The van der Waals surface area contributed by atoms with Crippen LogP contribution >= 0.6 is 0 Å². The quantitative estimate of drug-likeness (QED) is 0.643. The van der Waals surface area contributed by atoms with Crippen LogP contribution in [-0.2, 0) is 4.74 Å². The molecule has 1 nitrogen and oxygen atoms in total. The molecule has 0 aromatic heterocycles. The van der Waals surface area contributed by atoms with E-state index in [1.807, 2.05) is 0 Å². The fourth-order valence-corrected chi connectivity index (χ4v) is 2.59. The summed E-state index contributed by atoms with van der Waals surface area (Å²) in [7, 11) is 1.76. The highest BCUT2D eigenvalue weighted by Gasteiger charge is 2.33. The van der Waals surface area contributed by atoms with Gasteiger partial charge in [-0.2, -0.15) is 0 Å². The van der Waals surface area contributed by atoms with E-state index in [1.165, 1.54) is 24.8 Å². The van der Waals surface area contributed by atoms with Crippen LogP contribution in [0.4, 0.5) is 0 Å². The van der Waals surface area contributed by atoms with Crippen molar-refractivity contribution in [3.05, 3.63) is 23.8 Å². The van der Waals surface area contributed by atoms with Crippen molar-refractivity contribution in [3.8, 4) is 0 Å². The zero-order valence-electron chi connectivity index (χ0n) is 11.4. The summed E-state index contributed by atoms with van der Waals surface area (Å²) in [5.41, 5.74) is 1.96. The lowest BCUT2D eigenvalue weighted by molar-refractivity contribution is 0.154. The molecular formula is C15H26O. The molecule has 92 valence electrons. The van der Waals surface area contributed by atoms with Gasteiger partial charge >= 0.3 is 0 Å². The summed E-state index contributed by atoms with van der Waals surface area (Å²) >= 11 is 0. The standard InChI is InChI=1S/C15H26O/c1-6-15(4)11-7-8-12(2)14(15)10-9-13(3)16-5/h8-10,13-14H,6-7,11H2,1-5H3/b10-9+. The van der Waals surface area contributed by atoms with Crippen LogP contribution in [0.1, 0.15) is 47.0 Å². The van der Waals surface area contributed by atoms with Crippen molar-refractivity contribution in [2.75, 3.05) is 7.11 Å². The summed E-state index contributed by atoms with van der Waals surface area (Å²) in [6.45, 7) is 9.07. The molecule has 1 heteroatoms. The van der Waals surface area contributed by atoms with Gasteiger partial charge in [-0.15, -0.1) is 0 Å². The second-order valence-corrected chi connectivity index (χ2v) is 5.30. The van der Waals surface area contributed by atoms with Crippen LogP contribution in [-0.4, -0.2) is 13.2 Å². The molecule has 0 spiro atoms. The average Bonchev–Trinajstić information content (AvgIpc) is 2.28. The third kappa shape index (κ3) is 2.98. The monoisotopic (exact) mass is 222 g/mol. The van der Waals surface area contributed by atoms with Gasteiger partial charge in [0.25, 0.3) is 0 Å². The van der Waals surface area contributed by atoms with Crippen LogP contribution in [0.5, 0.6) is 0 Å². The minimum absolute atomic E-state index is 0.218. The fourth-order valence-electron chi connectivity index (χ4n) is 2.59. The van der Waals surface area contributed by atoms with Gasteiger partial charge in [0.05, 0.1) is 6.10 Å². The lowest BCUT2D eigenvalue weighted by Gasteiger charge is -2.39. The van der Waals surface area contributed by atoms with E-state index in [1.54, 1.807) is 7.11 Å². The smallest absolute Gasteiger partial charge is 0.0724 e. The highest BCUT2D eigenvalue weighted by atomic mass is 16.5. The molecular weight excluding hydrogens is 196 g/mol. The summed E-state index contributed by atoms with van der Waals surface area (Å²) in [5, 5.41) is 0. The molecule has 0 bridgehead atoms. The van der Waals surface area contributed by atoms with E-state index >= 15 is 0 Å². The molecule has 16 heavy (non-hydrogen) atoms. The first-order valence-electron chi connectivity index (χ1n) is 6.41. The van der Waals surface area contributed by atoms with Gasteiger partial charge in [0.1, 0.15) is 0 Å². The molecule has 0 saturated heterocycles. The Morgan fingerprint density at radius 1 is 1.62 bits per heavy atom. The van der Waals surface area contributed by atoms with Gasteiger partial charge in [0.2, 0.25) is 0 Å². The van der Waals surface area contributed by atoms with Gasteiger partial charge in [-0.25, -0.2) is 0 Å². The molecule has 3 atom stereocenters. The molecule has 0 saturated carbocycles. The molecule has 0 radical (unpaired) electrons. The van der Waals surface area contributed by atoms with Gasteiger partial charge in [0, 0.05) is 13.0 Å². The highest BCUT2D eigenvalue weighted by Crippen LogP contribution is 2.44. The first-order valence-corrected chi connectivity index (χ1v) is 6.41. The number of hydrogen-bond acceptors (Lipinski definition) is 1. The Balaban J connectivity index is 2.83. The van der Waals surface area contributed by atoms with Crippen molar-refractivity contribution in [2.45, 2.75) is 53.1 Å². The first kappa shape index (κ1) is 13.5. The van der Waals surface area contributed by atoms with Crippen LogP contribution in [0.2, 0.25) is 0 Å². The number of ether oxygens (including phenoxy) is 1. The Kier molecular flexibility index (Phi) is 4.79. The maximum atomic E-state index is 5.27. The summed E-state index contributed by atoms with van der Waals surface area (Å²) < 4.78 is 5.27. The highest BCUT2D eigenvalue weighted by molar-refractivity contribution is 5.19. The molecule has 1 aliphatic rings. The summed E-state index contributed by atoms with van der Waals surface area (Å²) in [6, 6.07) is 0. The van der Waals surface area contributed by atoms with Crippen LogP contribution < -0.4 is 0 Å². The summed E-state index contributed by atoms with van der Waals surface area (Å²) in [5.74, 6) is 0.587. The van der Waals surface area contributed by atoms with E-state index in [0.717, 1.165) is 0 Å². The Hall–Kier alpha value is -0.560. The van der Waals surface area contributed by atoms with E-state index in [-0.39, 0.29) is 6.10 Å². The minimum atomic E-state index is 0.218. The zero-order chi connectivity index (χ0) is 12.2. The third-order valence-corrected chi connectivity index (χ3v) is 4.18. The fraction of sp³-hybridized carbons (Fsp3) is 0.733. The normalized spacial score (nSPS) is 32.8. The van der Waals surface area contributed by atoms with Gasteiger partial charge in [-0.3, -0.25) is 0 Å². The van der Waals surface area contributed by atoms with Crippen molar-refractivity contribution in [1.82, 2.24) is 0 Å². The lowest BCUT2D eigenvalue weighted by atomic mass is 9.66. The lowest BCUT2D eigenvalue weighted by Crippen LogP contribution is -2.29. The van der Waals surface area contributed by atoms with Crippen LogP contribution in [0.25, 0.3) is 0 Å². The van der Waals surface area contributed by atoms with E-state index in [9.17, 15) is 0 Å². The summed E-state index contributed by atoms with van der Waals surface area (Å²) in [6.07, 6.45) is 10.9. The second-order valence-electron chi connectivity index (χ2n) is 5.30. The van der Waals surface area contributed by atoms with Crippen molar-refractivity contribution in [1.29, 1.82) is 0 Å². The maximum Gasteiger partial charge on any atom is 0.0724 e. The second kappa shape index (κ2) is 5.67. The molecule has 0 aromatic carbocycles. The van der Waals surface area contributed by atoms with Crippen molar-refractivity contribution in [2.24, 2.45) is 11.3 Å². The number of rotatable bonds is 4. The average molecular weight is 222 g/mol. The predicted octanol–water partition coefficient (Wildman–Crippen LogP) is 4.35. The van der Waals surface area contributed by atoms with E-state index in [2.05, 4.69) is 45.9 Å². The largest absolute Gasteiger partial charge is 0.378 e. The van der Waals surface area contributed by atoms with E-state index < -0.39 is 0 Å². The first-order chi connectivity index (χ1) is 7.53. The molecule has 0 fully saturated rings. The van der Waals surface area contributed by atoms with Crippen LogP contribution in [0, 0.1) is 11.3 Å². The van der Waals surface area contributed by atoms with Crippen LogP contribution in [0.15, 0.2) is 23.8 Å². The number of methoxy groups -OCH3 is 1. The van der Waals surface area contributed by atoms with Gasteiger partial charge in [-0.05, 0) is 38.5 Å². The van der Waals surface area contributed by atoms with Gasteiger partial charge < -0.3 is 4.74 Å². The Morgan fingerprint density at radius 2 is 2.31 bits per heavy atom. The molecule has 0 aromatic rings. The molecule has 0 heterocycles. The topological polar surface area (TPSA) is 9.23 Å². The molecule has 0 N–H and O–H groups in total. The molecule has 1 rings (SSSR count). The molecule has 3 unspecified atom stereocenters. The van der Waals surface area contributed by atoms with Crippen LogP contribution in [0.3, 0.4) is 0 Å². The molecule has 0 aliphatic heterocycles. The third-order valence-electron chi connectivity index (χ3n) is 4.18. The molecule has 0 amide bonds. The van der Waals surface area contributed by atoms with Gasteiger partial charge in [-0.1, -0.05) is 37.6 Å². The number of hydrogen-bond donors (Lipinski definition) is 0. The predicted molar refractivity (Wildman–Crippen MR) is 70.5 cm³/mol. The Bertz CT molecular complexity index is 277. The number of allylic oxidation sites excluding steroid dienone is 3.